The highest BCUT2D eigenvalue weighted by atomic mass is 32.2. The van der Waals surface area contributed by atoms with Crippen molar-refractivity contribution >= 4 is 21.7 Å². The highest BCUT2D eigenvalue weighted by Crippen LogP contribution is 2.46. The molecule has 2 aliphatic carbocycles. The molecule has 2 rings (SSSR count). The van der Waals surface area contributed by atoms with E-state index in [2.05, 4.69) is 15.6 Å². The zero-order valence-corrected chi connectivity index (χ0v) is 16.7. The minimum atomic E-state index is -2.98. The van der Waals surface area contributed by atoms with Crippen molar-refractivity contribution in [3.63, 3.8) is 0 Å². The number of carbonyl (C=O) groups excluding carboxylic acids is 1. The third kappa shape index (κ3) is 5.33. The fourth-order valence-corrected chi connectivity index (χ4v) is 5.35. The van der Waals surface area contributed by atoms with Crippen molar-refractivity contribution < 1.29 is 13.2 Å². The second-order valence-corrected chi connectivity index (χ2v) is 10.2. The fraction of sp³-hybridized carbons (Fsp3) is 0.882. The molecular formula is C17H32N4O3S. The van der Waals surface area contributed by atoms with Gasteiger partial charge < -0.3 is 15.5 Å². The number of nitrogens with zero attached hydrogens (tertiary/aromatic N) is 2. The van der Waals surface area contributed by atoms with Gasteiger partial charge in [-0.25, -0.2) is 8.42 Å². The number of guanidine groups is 1. The Balaban J connectivity index is 1.91. The van der Waals surface area contributed by atoms with E-state index in [0.29, 0.717) is 19.0 Å². The third-order valence-electron chi connectivity index (χ3n) is 5.39. The molecule has 7 nitrogen and oxygen atoms in total. The molecule has 2 N–H and O–H groups in total. The van der Waals surface area contributed by atoms with E-state index >= 15 is 0 Å². The van der Waals surface area contributed by atoms with Gasteiger partial charge in [0, 0.05) is 45.9 Å². The molecule has 1 amide bonds. The molecule has 0 bridgehead atoms. The molecule has 0 aromatic rings. The van der Waals surface area contributed by atoms with Gasteiger partial charge in [-0.2, -0.15) is 0 Å². The average molecular weight is 373 g/mol. The first kappa shape index (κ1) is 20.0. The molecule has 0 atom stereocenters. The molecule has 8 heteroatoms. The first-order valence-corrected chi connectivity index (χ1v) is 11.0. The van der Waals surface area contributed by atoms with Crippen molar-refractivity contribution in [3.8, 4) is 0 Å². The van der Waals surface area contributed by atoms with Crippen LogP contribution in [0.4, 0.5) is 0 Å². The van der Waals surface area contributed by atoms with Gasteiger partial charge in [0.25, 0.3) is 0 Å². The van der Waals surface area contributed by atoms with Crippen LogP contribution in [-0.4, -0.2) is 71.4 Å². The maximum Gasteiger partial charge on any atom is 0.230 e. The number of hydrogen-bond acceptors (Lipinski definition) is 4. The predicted molar refractivity (Wildman–Crippen MR) is 100 cm³/mol. The summed E-state index contributed by atoms with van der Waals surface area (Å²) in [6, 6.07) is 0. The Bertz CT molecular complexity index is 618. The fourth-order valence-electron chi connectivity index (χ4n) is 3.84. The molecule has 0 unspecified atom stereocenters. The summed E-state index contributed by atoms with van der Waals surface area (Å²) in [4.78, 5) is 18.5. The number of amides is 1. The lowest BCUT2D eigenvalue weighted by molar-refractivity contribution is -0.138. The Hall–Kier alpha value is -1.31. The number of sulfone groups is 1. The van der Waals surface area contributed by atoms with Crippen LogP contribution in [0.15, 0.2) is 4.99 Å². The van der Waals surface area contributed by atoms with E-state index in [0.717, 1.165) is 38.5 Å². The number of hydrogen-bond donors (Lipinski definition) is 2. The van der Waals surface area contributed by atoms with E-state index in [1.165, 1.54) is 6.26 Å². The van der Waals surface area contributed by atoms with Gasteiger partial charge in [-0.05, 0) is 25.7 Å². The van der Waals surface area contributed by atoms with Crippen molar-refractivity contribution in [1.29, 1.82) is 0 Å². The maximum atomic E-state index is 12.6. The molecule has 0 aromatic carbocycles. The van der Waals surface area contributed by atoms with Crippen molar-refractivity contribution in [2.45, 2.75) is 38.5 Å². The van der Waals surface area contributed by atoms with Crippen LogP contribution in [0.2, 0.25) is 0 Å². The molecule has 0 radical (unpaired) electrons. The average Bonchev–Trinajstić information content (AvgIpc) is 3.09. The minimum absolute atomic E-state index is 0.157. The third-order valence-corrected chi connectivity index (χ3v) is 6.53. The molecular weight excluding hydrogens is 340 g/mol. The molecule has 2 fully saturated rings. The normalized spacial score (nSPS) is 21.7. The summed E-state index contributed by atoms with van der Waals surface area (Å²) < 4.78 is 23.1. The lowest BCUT2D eigenvalue weighted by atomic mass is 9.84. The van der Waals surface area contributed by atoms with Gasteiger partial charge in [0.15, 0.2) is 5.96 Å². The first-order chi connectivity index (χ1) is 11.6. The van der Waals surface area contributed by atoms with Crippen LogP contribution in [0, 0.1) is 10.8 Å². The van der Waals surface area contributed by atoms with E-state index in [4.69, 9.17) is 0 Å². The quantitative estimate of drug-likeness (QED) is 0.505. The molecule has 0 heterocycles. The summed E-state index contributed by atoms with van der Waals surface area (Å²) in [7, 11) is 2.32. The van der Waals surface area contributed by atoms with Crippen LogP contribution < -0.4 is 10.6 Å². The highest BCUT2D eigenvalue weighted by molar-refractivity contribution is 7.90. The summed E-state index contributed by atoms with van der Waals surface area (Å²) >= 11 is 0. The number of carbonyl (C=O) groups is 1. The Morgan fingerprint density at radius 2 is 1.64 bits per heavy atom. The Labute approximate surface area is 151 Å². The summed E-state index contributed by atoms with van der Waals surface area (Å²) in [5.74, 6) is 1.02. The van der Waals surface area contributed by atoms with Gasteiger partial charge >= 0.3 is 0 Å². The van der Waals surface area contributed by atoms with Crippen LogP contribution in [0.1, 0.15) is 38.5 Å². The lowest BCUT2D eigenvalue weighted by Crippen LogP contribution is -2.50. The van der Waals surface area contributed by atoms with Crippen molar-refractivity contribution in [2.75, 3.05) is 46.2 Å². The first-order valence-electron chi connectivity index (χ1n) is 8.96. The Kier molecular flexibility index (Phi) is 6.01. The Morgan fingerprint density at radius 3 is 2.08 bits per heavy atom. The molecule has 25 heavy (non-hydrogen) atoms. The maximum absolute atomic E-state index is 12.6. The van der Waals surface area contributed by atoms with Crippen molar-refractivity contribution in [2.24, 2.45) is 15.8 Å². The molecule has 0 saturated heterocycles. The van der Waals surface area contributed by atoms with Gasteiger partial charge in [-0.15, -0.1) is 0 Å². The van der Waals surface area contributed by atoms with Crippen LogP contribution in [0.25, 0.3) is 0 Å². The van der Waals surface area contributed by atoms with E-state index in [1.807, 2.05) is 0 Å². The molecule has 2 saturated carbocycles. The molecule has 2 aliphatic rings. The van der Waals surface area contributed by atoms with Crippen molar-refractivity contribution in [1.82, 2.24) is 15.5 Å². The highest BCUT2D eigenvalue weighted by Gasteiger charge is 2.45. The largest absolute Gasteiger partial charge is 0.356 e. The molecule has 0 aromatic heterocycles. The number of rotatable bonds is 7. The summed E-state index contributed by atoms with van der Waals surface area (Å²) in [6.07, 6.45) is 7.07. The number of nitrogens with one attached hydrogen (secondary N) is 2. The van der Waals surface area contributed by atoms with Gasteiger partial charge in [-0.1, -0.05) is 12.8 Å². The summed E-state index contributed by atoms with van der Waals surface area (Å²) in [5.41, 5.74) is -0.513. The van der Waals surface area contributed by atoms with Gasteiger partial charge in [-0.3, -0.25) is 9.79 Å². The van der Waals surface area contributed by atoms with Crippen LogP contribution in [0.3, 0.4) is 0 Å². The van der Waals surface area contributed by atoms with Gasteiger partial charge in [0.05, 0.1) is 11.2 Å². The molecule has 0 spiro atoms. The topological polar surface area (TPSA) is 90.9 Å². The molecule has 0 aliphatic heterocycles. The van der Waals surface area contributed by atoms with E-state index in [1.54, 1.807) is 26.0 Å². The van der Waals surface area contributed by atoms with Gasteiger partial charge in [0.1, 0.15) is 9.84 Å². The van der Waals surface area contributed by atoms with Gasteiger partial charge in [0.2, 0.25) is 5.91 Å². The molecule has 144 valence electrons. The predicted octanol–water partition coefficient (Wildman–Crippen LogP) is 0.625. The van der Waals surface area contributed by atoms with E-state index < -0.39 is 9.84 Å². The zero-order valence-electron chi connectivity index (χ0n) is 15.9. The second-order valence-electron chi connectivity index (χ2n) is 8.04. The van der Waals surface area contributed by atoms with Crippen LogP contribution in [0.5, 0.6) is 0 Å². The number of aliphatic imine (C=N–C) groups is 1. The van der Waals surface area contributed by atoms with E-state index in [9.17, 15) is 13.2 Å². The standard InChI is InChI=1S/C17H32N4O3S/c1-18-15(19-11-16(9-10-16)13-25(4,23)24)20-12-17(7-5-6-8-17)14(22)21(2)3/h5-13H2,1-4H3,(H2,18,19,20). The van der Waals surface area contributed by atoms with E-state index in [-0.39, 0.29) is 22.5 Å². The van der Waals surface area contributed by atoms with Crippen LogP contribution in [-0.2, 0) is 14.6 Å². The Morgan fingerprint density at radius 1 is 1.08 bits per heavy atom. The smallest absolute Gasteiger partial charge is 0.230 e. The second kappa shape index (κ2) is 7.51. The SMILES string of the molecule is CN=C(NCC1(CS(C)(=O)=O)CC1)NCC1(C(=O)N(C)C)CCCC1. The minimum Gasteiger partial charge on any atom is -0.356 e. The van der Waals surface area contributed by atoms with Crippen LogP contribution >= 0.6 is 0 Å². The zero-order chi connectivity index (χ0) is 18.7. The monoisotopic (exact) mass is 372 g/mol. The summed E-state index contributed by atoms with van der Waals surface area (Å²) in [5, 5.41) is 6.55. The van der Waals surface area contributed by atoms with Crippen molar-refractivity contribution in [3.05, 3.63) is 0 Å². The lowest BCUT2D eigenvalue weighted by Gasteiger charge is -2.31. The summed E-state index contributed by atoms with van der Waals surface area (Å²) in [6.45, 7) is 1.15.